The van der Waals surface area contributed by atoms with Gasteiger partial charge in [-0.05, 0) is 36.8 Å². The van der Waals surface area contributed by atoms with Crippen molar-refractivity contribution in [2.24, 2.45) is 0 Å². The maximum absolute atomic E-state index is 12.2. The molecule has 0 saturated carbocycles. The number of carboxylic acids is 1. The van der Waals surface area contributed by atoms with Crippen LogP contribution in [0.15, 0.2) is 46.0 Å². The predicted molar refractivity (Wildman–Crippen MR) is 80.9 cm³/mol. The lowest BCUT2D eigenvalue weighted by atomic mass is 10.1. The predicted octanol–water partition coefficient (Wildman–Crippen LogP) is 2.65. The fourth-order valence-corrected chi connectivity index (χ4v) is 3.12. The van der Waals surface area contributed by atoms with Crippen LogP contribution in [0.25, 0.3) is 0 Å². The number of sulfonamides is 1. The monoisotopic (exact) mass is 370 g/mol. The molecular formula is C13H11BrN2O4S. The summed E-state index contributed by atoms with van der Waals surface area (Å²) in [6, 6.07) is 5.85. The zero-order valence-electron chi connectivity index (χ0n) is 10.9. The standard InChI is InChI=1S/C13H11BrN2O4S/c1-8-10(14)4-5-11(12(8)13(17)18)16-21(19,20)9-3-2-6-15-7-9/h2-7,16H,1H3,(H,17,18). The number of halogens is 1. The van der Waals surface area contributed by atoms with Crippen LogP contribution in [0.5, 0.6) is 0 Å². The topological polar surface area (TPSA) is 96.4 Å². The Bertz CT molecular complexity index is 791. The van der Waals surface area contributed by atoms with Crippen LogP contribution in [0.2, 0.25) is 0 Å². The van der Waals surface area contributed by atoms with Crippen molar-refractivity contribution in [1.29, 1.82) is 0 Å². The number of nitrogens with zero attached hydrogens (tertiary/aromatic N) is 1. The van der Waals surface area contributed by atoms with E-state index >= 15 is 0 Å². The van der Waals surface area contributed by atoms with Crippen LogP contribution < -0.4 is 4.72 Å². The Labute approximate surface area is 130 Å². The van der Waals surface area contributed by atoms with Gasteiger partial charge >= 0.3 is 5.97 Å². The quantitative estimate of drug-likeness (QED) is 0.862. The lowest BCUT2D eigenvalue weighted by Crippen LogP contribution is -2.16. The highest BCUT2D eigenvalue weighted by Gasteiger charge is 2.21. The number of benzene rings is 1. The minimum absolute atomic E-state index is 0.00653. The Morgan fingerprint density at radius 2 is 2.05 bits per heavy atom. The van der Waals surface area contributed by atoms with Gasteiger partial charge < -0.3 is 5.11 Å². The highest BCUT2D eigenvalue weighted by molar-refractivity contribution is 9.10. The molecule has 0 fully saturated rings. The first-order chi connectivity index (χ1) is 9.83. The number of rotatable bonds is 4. The molecule has 21 heavy (non-hydrogen) atoms. The summed E-state index contributed by atoms with van der Waals surface area (Å²) in [5.41, 5.74) is 0.345. The average Bonchev–Trinajstić information content (AvgIpc) is 2.43. The third kappa shape index (κ3) is 3.22. The summed E-state index contributed by atoms with van der Waals surface area (Å²) >= 11 is 3.22. The van der Waals surface area contributed by atoms with E-state index in [0.29, 0.717) is 10.0 Å². The Hall–Kier alpha value is -1.93. The zero-order valence-corrected chi connectivity index (χ0v) is 13.3. The number of carboxylic acid groups (broad SMARTS) is 1. The number of carbonyl (C=O) groups is 1. The van der Waals surface area contributed by atoms with Gasteiger partial charge in [0.05, 0.1) is 11.3 Å². The van der Waals surface area contributed by atoms with Crippen LogP contribution in [0.3, 0.4) is 0 Å². The molecule has 0 unspecified atom stereocenters. The normalized spacial score (nSPS) is 11.1. The molecule has 0 aliphatic carbocycles. The van der Waals surface area contributed by atoms with Crippen LogP contribution in [0.4, 0.5) is 5.69 Å². The number of aromatic carboxylic acids is 1. The summed E-state index contributed by atoms with van der Waals surface area (Å²) in [5, 5.41) is 9.27. The molecule has 8 heteroatoms. The van der Waals surface area contributed by atoms with Crippen molar-refractivity contribution >= 4 is 37.6 Å². The Balaban J connectivity index is 2.50. The molecule has 1 aromatic heterocycles. The average molecular weight is 371 g/mol. The van der Waals surface area contributed by atoms with Gasteiger partial charge in [-0.2, -0.15) is 0 Å². The summed E-state index contributed by atoms with van der Waals surface area (Å²) in [6.45, 7) is 1.59. The molecule has 0 amide bonds. The lowest BCUT2D eigenvalue weighted by Gasteiger charge is -2.13. The largest absolute Gasteiger partial charge is 0.478 e. The van der Waals surface area contributed by atoms with E-state index in [0.717, 1.165) is 0 Å². The highest BCUT2D eigenvalue weighted by Crippen LogP contribution is 2.28. The first-order valence-corrected chi connectivity index (χ1v) is 8.06. The van der Waals surface area contributed by atoms with Crippen LogP contribution in [-0.4, -0.2) is 24.5 Å². The van der Waals surface area contributed by atoms with Gasteiger partial charge in [-0.15, -0.1) is 0 Å². The fourth-order valence-electron chi connectivity index (χ4n) is 1.76. The SMILES string of the molecule is Cc1c(Br)ccc(NS(=O)(=O)c2cccnc2)c1C(=O)O. The van der Waals surface area contributed by atoms with E-state index in [4.69, 9.17) is 0 Å². The molecule has 2 rings (SSSR count). The van der Waals surface area contributed by atoms with Gasteiger partial charge in [-0.25, -0.2) is 13.2 Å². The zero-order chi connectivity index (χ0) is 15.6. The van der Waals surface area contributed by atoms with Crippen molar-refractivity contribution in [3.8, 4) is 0 Å². The third-order valence-electron chi connectivity index (χ3n) is 2.80. The molecule has 2 aromatic rings. The van der Waals surface area contributed by atoms with Gasteiger partial charge in [0.1, 0.15) is 4.90 Å². The molecule has 1 heterocycles. The van der Waals surface area contributed by atoms with E-state index < -0.39 is 16.0 Å². The number of hydrogen-bond acceptors (Lipinski definition) is 4. The van der Waals surface area contributed by atoms with Crippen molar-refractivity contribution in [2.45, 2.75) is 11.8 Å². The second-order valence-electron chi connectivity index (χ2n) is 4.19. The minimum Gasteiger partial charge on any atom is -0.478 e. The minimum atomic E-state index is -3.89. The fraction of sp³-hybridized carbons (Fsp3) is 0.0769. The van der Waals surface area contributed by atoms with Gasteiger partial charge in [0.25, 0.3) is 10.0 Å². The molecule has 0 spiro atoms. The highest BCUT2D eigenvalue weighted by atomic mass is 79.9. The van der Waals surface area contributed by atoms with Gasteiger partial charge in [-0.3, -0.25) is 9.71 Å². The molecule has 0 atom stereocenters. The summed E-state index contributed by atoms with van der Waals surface area (Å²) in [4.78, 5) is 15.0. The molecule has 110 valence electrons. The molecule has 1 aromatic carbocycles. The summed E-state index contributed by atoms with van der Waals surface area (Å²) in [6.07, 6.45) is 2.64. The molecular weight excluding hydrogens is 360 g/mol. The lowest BCUT2D eigenvalue weighted by molar-refractivity contribution is 0.0697. The number of hydrogen-bond donors (Lipinski definition) is 2. The third-order valence-corrected chi connectivity index (χ3v) is 5.01. The maximum atomic E-state index is 12.2. The van der Waals surface area contributed by atoms with Gasteiger partial charge in [0.15, 0.2) is 0 Å². The number of pyridine rings is 1. The first kappa shape index (κ1) is 15.5. The molecule has 0 aliphatic heterocycles. The van der Waals surface area contributed by atoms with Crippen molar-refractivity contribution in [3.63, 3.8) is 0 Å². The van der Waals surface area contributed by atoms with Crippen LogP contribution in [0.1, 0.15) is 15.9 Å². The van der Waals surface area contributed by atoms with Crippen LogP contribution in [0, 0.1) is 6.92 Å². The van der Waals surface area contributed by atoms with Crippen LogP contribution >= 0.6 is 15.9 Å². The smallest absolute Gasteiger partial charge is 0.338 e. The summed E-state index contributed by atoms with van der Waals surface area (Å²) in [7, 11) is -3.89. The van der Waals surface area contributed by atoms with E-state index in [1.54, 1.807) is 13.0 Å². The van der Waals surface area contributed by atoms with E-state index in [2.05, 4.69) is 25.6 Å². The maximum Gasteiger partial charge on any atom is 0.338 e. The molecule has 0 bridgehead atoms. The summed E-state index contributed by atoms with van der Waals surface area (Å²) < 4.78 is 27.3. The van der Waals surface area contributed by atoms with E-state index in [-0.39, 0.29) is 16.1 Å². The Morgan fingerprint density at radius 3 is 2.62 bits per heavy atom. The van der Waals surface area contributed by atoms with Crippen LogP contribution in [-0.2, 0) is 10.0 Å². The van der Waals surface area contributed by atoms with Gasteiger partial charge in [0, 0.05) is 16.9 Å². The molecule has 0 radical (unpaired) electrons. The van der Waals surface area contributed by atoms with Crippen molar-refractivity contribution in [1.82, 2.24) is 4.98 Å². The summed E-state index contributed by atoms with van der Waals surface area (Å²) in [5.74, 6) is -1.21. The van der Waals surface area contributed by atoms with Crippen molar-refractivity contribution < 1.29 is 18.3 Å². The van der Waals surface area contributed by atoms with Gasteiger partial charge in [-0.1, -0.05) is 15.9 Å². The Morgan fingerprint density at radius 1 is 1.33 bits per heavy atom. The van der Waals surface area contributed by atoms with Crippen molar-refractivity contribution in [3.05, 3.63) is 52.3 Å². The second-order valence-corrected chi connectivity index (χ2v) is 6.73. The number of anilines is 1. The number of nitrogens with one attached hydrogen (secondary N) is 1. The molecule has 0 saturated heterocycles. The van der Waals surface area contributed by atoms with E-state index in [1.807, 2.05) is 0 Å². The van der Waals surface area contributed by atoms with Gasteiger partial charge in [0.2, 0.25) is 0 Å². The van der Waals surface area contributed by atoms with E-state index in [9.17, 15) is 18.3 Å². The first-order valence-electron chi connectivity index (χ1n) is 5.78. The van der Waals surface area contributed by atoms with E-state index in [1.165, 1.54) is 30.6 Å². The molecule has 0 aliphatic rings. The molecule has 6 nitrogen and oxygen atoms in total. The Kier molecular flexibility index (Phi) is 4.29. The number of aromatic nitrogens is 1. The second kappa shape index (κ2) is 5.82. The van der Waals surface area contributed by atoms with Crippen molar-refractivity contribution in [2.75, 3.05) is 4.72 Å². The molecule has 2 N–H and O–H groups in total.